The van der Waals surface area contributed by atoms with Crippen LogP contribution in [0.4, 0.5) is 0 Å². The molecule has 1 fully saturated rings. The van der Waals surface area contributed by atoms with Gasteiger partial charge < -0.3 is 19.8 Å². The zero-order valence-electron chi connectivity index (χ0n) is 19.9. The molecule has 9 heteroatoms. The normalized spacial score (nSPS) is 19.5. The summed E-state index contributed by atoms with van der Waals surface area (Å²) >= 11 is 1.62. The minimum absolute atomic E-state index is 0.0701. The standard InChI is InChI=1S/C26H32N4O4S/c1-34-20-4-5-23-22(16-20)21(7-11-27-23)24(31)6-3-18-8-12-30(17-19(18)15-25(32)33)13-14-35-26-28-9-2-10-29-26/h2,4-5,7,9-11,16,18-19,24,31H,3,6,8,12-15,17H2,1H3,(H,32,33)/t18-,19+,24+/m1/s1. The van der Waals surface area contributed by atoms with Crippen molar-refractivity contribution in [3.8, 4) is 5.75 Å². The van der Waals surface area contributed by atoms with Gasteiger partial charge in [0.15, 0.2) is 5.16 Å². The monoisotopic (exact) mass is 496 g/mol. The molecule has 3 atom stereocenters. The quantitative estimate of drug-likeness (QED) is 0.300. The van der Waals surface area contributed by atoms with Gasteiger partial charge in [0.05, 0.1) is 18.7 Å². The number of hydrogen-bond acceptors (Lipinski definition) is 8. The third kappa shape index (κ3) is 6.90. The fourth-order valence-electron chi connectivity index (χ4n) is 4.91. The summed E-state index contributed by atoms with van der Waals surface area (Å²) in [4.78, 5) is 26.8. The van der Waals surface area contributed by atoms with E-state index in [1.54, 1.807) is 43.5 Å². The molecule has 35 heavy (non-hydrogen) atoms. The van der Waals surface area contributed by atoms with Crippen LogP contribution in [0.5, 0.6) is 5.75 Å². The first-order valence-electron chi connectivity index (χ1n) is 12.0. The van der Waals surface area contributed by atoms with E-state index in [1.807, 2.05) is 24.3 Å². The van der Waals surface area contributed by atoms with Gasteiger partial charge in [-0.15, -0.1) is 0 Å². The number of carboxylic acid groups (broad SMARTS) is 1. The lowest BCUT2D eigenvalue weighted by Crippen LogP contribution is -2.42. The van der Waals surface area contributed by atoms with Crippen molar-refractivity contribution in [1.29, 1.82) is 0 Å². The zero-order valence-corrected chi connectivity index (χ0v) is 20.7. The fraction of sp³-hybridized carbons (Fsp3) is 0.462. The Morgan fingerprint density at radius 3 is 2.80 bits per heavy atom. The lowest BCUT2D eigenvalue weighted by atomic mass is 9.79. The number of aliphatic hydroxyl groups excluding tert-OH is 1. The van der Waals surface area contributed by atoms with Crippen LogP contribution in [0.15, 0.2) is 54.1 Å². The SMILES string of the molecule is COc1ccc2nccc([C@@H](O)CC[C@@H]3CCN(CCSc4ncccn4)C[C@@H]3CC(=O)O)c2c1. The Kier molecular flexibility index (Phi) is 8.90. The average molecular weight is 497 g/mol. The maximum Gasteiger partial charge on any atom is 0.303 e. The Morgan fingerprint density at radius 1 is 1.20 bits per heavy atom. The summed E-state index contributed by atoms with van der Waals surface area (Å²) < 4.78 is 5.35. The molecule has 1 aliphatic rings. The largest absolute Gasteiger partial charge is 0.497 e. The number of nitrogens with zero attached hydrogens (tertiary/aromatic N) is 4. The first-order chi connectivity index (χ1) is 17.0. The maximum absolute atomic E-state index is 11.6. The van der Waals surface area contributed by atoms with E-state index in [0.29, 0.717) is 6.42 Å². The van der Waals surface area contributed by atoms with Gasteiger partial charge >= 0.3 is 5.97 Å². The molecular formula is C26H32N4O4S. The number of pyridine rings is 1. The molecule has 0 saturated carbocycles. The summed E-state index contributed by atoms with van der Waals surface area (Å²) in [6.07, 6.45) is 7.01. The van der Waals surface area contributed by atoms with E-state index in [1.165, 1.54) is 0 Å². The van der Waals surface area contributed by atoms with Gasteiger partial charge in [-0.3, -0.25) is 9.78 Å². The highest BCUT2D eigenvalue weighted by molar-refractivity contribution is 7.99. The Hall–Kier alpha value is -2.75. The third-order valence-electron chi connectivity index (χ3n) is 6.75. The van der Waals surface area contributed by atoms with E-state index < -0.39 is 12.1 Å². The first-order valence-corrected chi connectivity index (χ1v) is 13.0. The number of carboxylic acids is 1. The summed E-state index contributed by atoms with van der Waals surface area (Å²) in [5, 5.41) is 22.2. The van der Waals surface area contributed by atoms with Crippen LogP contribution >= 0.6 is 11.8 Å². The van der Waals surface area contributed by atoms with Crippen molar-refractivity contribution >= 4 is 28.6 Å². The summed E-state index contributed by atoms with van der Waals surface area (Å²) in [6, 6.07) is 9.33. The topological polar surface area (TPSA) is 109 Å². The van der Waals surface area contributed by atoms with Crippen LogP contribution < -0.4 is 4.74 Å². The van der Waals surface area contributed by atoms with Crippen LogP contribution in [-0.2, 0) is 4.79 Å². The van der Waals surface area contributed by atoms with Crippen molar-refractivity contribution in [2.75, 3.05) is 32.5 Å². The van der Waals surface area contributed by atoms with Crippen LogP contribution in [0, 0.1) is 11.8 Å². The number of carbonyl (C=O) groups is 1. The molecule has 0 spiro atoms. The van der Waals surface area contributed by atoms with E-state index in [4.69, 9.17) is 4.74 Å². The molecule has 3 heterocycles. The molecule has 0 radical (unpaired) electrons. The summed E-state index contributed by atoms with van der Waals surface area (Å²) in [5.41, 5.74) is 1.65. The molecule has 2 aromatic heterocycles. The smallest absolute Gasteiger partial charge is 0.303 e. The number of methoxy groups -OCH3 is 1. The molecule has 4 rings (SSSR count). The maximum atomic E-state index is 11.6. The van der Waals surface area contributed by atoms with E-state index in [0.717, 1.165) is 65.6 Å². The van der Waals surface area contributed by atoms with Gasteiger partial charge in [0.2, 0.25) is 0 Å². The second kappa shape index (κ2) is 12.3. The molecule has 0 aliphatic carbocycles. The molecule has 8 nitrogen and oxygen atoms in total. The first kappa shape index (κ1) is 25.3. The van der Waals surface area contributed by atoms with Crippen molar-refractivity contribution in [2.45, 2.75) is 36.9 Å². The van der Waals surface area contributed by atoms with Crippen LogP contribution in [0.3, 0.4) is 0 Å². The van der Waals surface area contributed by atoms with Crippen LogP contribution in [-0.4, -0.2) is 68.5 Å². The van der Waals surface area contributed by atoms with E-state index >= 15 is 0 Å². The number of aromatic nitrogens is 3. The number of rotatable bonds is 11. The highest BCUT2D eigenvalue weighted by Gasteiger charge is 2.31. The fourth-order valence-corrected chi connectivity index (χ4v) is 5.72. The molecule has 2 N–H and O–H groups in total. The summed E-state index contributed by atoms with van der Waals surface area (Å²) in [5.74, 6) is 1.17. The molecule has 1 aliphatic heterocycles. The van der Waals surface area contributed by atoms with E-state index in [2.05, 4.69) is 19.9 Å². The second-order valence-corrected chi connectivity index (χ2v) is 10.0. The highest BCUT2D eigenvalue weighted by atomic mass is 32.2. The predicted molar refractivity (Wildman–Crippen MR) is 136 cm³/mol. The Labute approximate surface area is 209 Å². The third-order valence-corrected chi connectivity index (χ3v) is 7.60. The van der Waals surface area contributed by atoms with Crippen molar-refractivity contribution in [1.82, 2.24) is 19.9 Å². The van der Waals surface area contributed by atoms with Crippen LogP contribution in [0.1, 0.15) is 37.4 Å². The van der Waals surface area contributed by atoms with Crippen molar-refractivity contribution in [3.63, 3.8) is 0 Å². The lowest BCUT2D eigenvalue weighted by Gasteiger charge is -2.38. The van der Waals surface area contributed by atoms with Gasteiger partial charge in [-0.2, -0.15) is 0 Å². The zero-order chi connectivity index (χ0) is 24.6. The predicted octanol–water partition coefficient (Wildman–Crippen LogP) is 4.05. The summed E-state index contributed by atoms with van der Waals surface area (Å²) in [7, 11) is 1.62. The molecule has 186 valence electrons. The number of thioether (sulfide) groups is 1. The van der Waals surface area contributed by atoms with Gasteiger partial charge in [-0.25, -0.2) is 9.97 Å². The molecule has 0 bridgehead atoms. The Morgan fingerprint density at radius 2 is 2.03 bits per heavy atom. The molecule has 0 unspecified atom stereocenters. The summed E-state index contributed by atoms with van der Waals surface area (Å²) in [6.45, 7) is 2.57. The van der Waals surface area contributed by atoms with Crippen LogP contribution in [0.2, 0.25) is 0 Å². The van der Waals surface area contributed by atoms with Gasteiger partial charge in [-0.05, 0) is 73.5 Å². The molecule has 0 amide bonds. The van der Waals surface area contributed by atoms with Gasteiger partial charge in [0, 0.05) is 49.2 Å². The number of aliphatic hydroxyl groups is 1. The highest BCUT2D eigenvalue weighted by Crippen LogP contribution is 2.35. The van der Waals surface area contributed by atoms with Crippen LogP contribution in [0.25, 0.3) is 10.9 Å². The number of hydrogen-bond donors (Lipinski definition) is 2. The Bertz CT molecular complexity index is 1120. The average Bonchev–Trinajstić information content (AvgIpc) is 2.87. The number of ether oxygens (including phenoxy) is 1. The molecule has 3 aromatic rings. The van der Waals surface area contributed by atoms with Gasteiger partial charge in [0.1, 0.15) is 5.75 Å². The van der Waals surface area contributed by atoms with Crippen molar-refractivity contribution in [3.05, 3.63) is 54.5 Å². The van der Waals surface area contributed by atoms with E-state index in [9.17, 15) is 15.0 Å². The number of piperidine rings is 1. The van der Waals surface area contributed by atoms with Crippen molar-refractivity contribution < 1.29 is 19.7 Å². The van der Waals surface area contributed by atoms with Gasteiger partial charge in [0.25, 0.3) is 0 Å². The molecule has 1 saturated heterocycles. The van der Waals surface area contributed by atoms with E-state index in [-0.39, 0.29) is 18.3 Å². The minimum atomic E-state index is -0.762. The van der Waals surface area contributed by atoms with Crippen molar-refractivity contribution in [2.24, 2.45) is 11.8 Å². The lowest BCUT2D eigenvalue weighted by molar-refractivity contribution is -0.139. The molecular weight excluding hydrogens is 464 g/mol. The Balaban J connectivity index is 1.35. The minimum Gasteiger partial charge on any atom is -0.497 e. The number of fused-ring (bicyclic) bond motifs is 1. The number of likely N-dealkylation sites (tertiary alicyclic amines) is 1. The molecule has 1 aromatic carbocycles. The van der Waals surface area contributed by atoms with Gasteiger partial charge in [-0.1, -0.05) is 11.8 Å². The number of benzene rings is 1. The second-order valence-electron chi connectivity index (χ2n) is 8.96. The number of aliphatic carboxylic acids is 1.